The van der Waals surface area contributed by atoms with E-state index in [1.54, 1.807) is 0 Å². The van der Waals surface area contributed by atoms with Gasteiger partial charge in [-0.25, -0.2) is 0 Å². The van der Waals surface area contributed by atoms with Crippen molar-refractivity contribution in [3.8, 4) is 6.07 Å². The van der Waals surface area contributed by atoms with Gasteiger partial charge in [-0.3, -0.25) is 4.79 Å². The Kier molecular flexibility index (Phi) is 5.72. The van der Waals surface area contributed by atoms with Crippen molar-refractivity contribution in [2.45, 2.75) is 38.5 Å². The fourth-order valence-electron chi connectivity index (χ4n) is 1.40. The van der Waals surface area contributed by atoms with Crippen molar-refractivity contribution in [3.05, 3.63) is 22.4 Å². The number of nitrogens with zero attached hydrogens (tertiary/aromatic N) is 1. The van der Waals surface area contributed by atoms with Crippen molar-refractivity contribution in [3.63, 3.8) is 0 Å². The normalized spacial score (nSPS) is 9.80. The second-order valence-electron chi connectivity index (χ2n) is 3.47. The van der Waals surface area contributed by atoms with E-state index < -0.39 is 0 Å². The van der Waals surface area contributed by atoms with Crippen molar-refractivity contribution in [2.75, 3.05) is 0 Å². The van der Waals surface area contributed by atoms with E-state index >= 15 is 0 Å². The third-order valence-corrected chi connectivity index (χ3v) is 3.15. The Morgan fingerprint density at radius 3 is 2.80 bits per heavy atom. The van der Waals surface area contributed by atoms with Crippen LogP contribution in [0.25, 0.3) is 0 Å². The molecule has 0 aliphatic heterocycles. The summed E-state index contributed by atoms with van der Waals surface area (Å²) < 4.78 is 0. The zero-order valence-corrected chi connectivity index (χ0v) is 9.55. The van der Waals surface area contributed by atoms with E-state index in [4.69, 9.17) is 5.26 Å². The molecule has 0 saturated carbocycles. The van der Waals surface area contributed by atoms with E-state index in [-0.39, 0.29) is 5.78 Å². The summed E-state index contributed by atoms with van der Waals surface area (Å²) >= 11 is 1.51. The number of nitriles is 1. The van der Waals surface area contributed by atoms with Crippen molar-refractivity contribution in [1.82, 2.24) is 0 Å². The van der Waals surface area contributed by atoms with E-state index in [9.17, 15) is 4.79 Å². The van der Waals surface area contributed by atoms with Crippen LogP contribution in [0.5, 0.6) is 0 Å². The summed E-state index contributed by atoms with van der Waals surface area (Å²) in [5.74, 6) is 0.255. The second-order valence-corrected chi connectivity index (χ2v) is 4.42. The van der Waals surface area contributed by atoms with Gasteiger partial charge in [0, 0.05) is 12.8 Å². The lowest BCUT2D eigenvalue weighted by molar-refractivity contribution is 0.0983. The van der Waals surface area contributed by atoms with E-state index in [1.165, 1.54) is 11.3 Å². The van der Waals surface area contributed by atoms with Gasteiger partial charge in [0.15, 0.2) is 5.78 Å². The SMILES string of the molecule is N#CCCCCCCC(=O)c1cccs1. The molecular formula is C12H15NOS. The summed E-state index contributed by atoms with van der Waals surface area (Å²) in [5, 5.41) is 10.3. The van der Waals surface area contributed by atoms with Crippen LogP contribution in [0.1, 0.15) is 48.2 Å². The quantitative estimate of drug-likeness (QED) is 0.519. The van der Waals surface area contributed by atoms with Gasteiger partial charge in [0.1, 0.15) is 0 Å². The van der Waals surface area contributed by atoms with Crippen LogP contribution in [0.4, 0.5) is 0 Å². The van der Waals surface area contributed by atoms with Crippen LogP contribution in [0.2, 0.25) is 0 Å². The minimum absolute atomic E-state index is 0.255. The van der Waals surface area contributed by atoms with Gasteiger partial charge in [0.25, 0.3) is 0 Å². The molecule has 0 amide bonds. The molecule has 0 bridgehead atoms. The predicted octanol–water partition coefficient (Wildman–Crippen LogP) is 3.79. The molecule has 0 saturated heterocycles. The monoisotopic (exact) mass is 221 g/mol. The largest absolute Gasteiger partial charge is 0.293 e. The number of ketones is 1. The molecule has 0 aromatic carbocycles. The molecule has 0 fully saturated rings. The highest BCUT2D eigenvalue weighted by atomic mass is 32.1. The summed E-state index contributed by atoms with van der Waals surface area (Å²) in [4.78, 5) is 12.4. The number of Topliss-reactive ketones (excluding diaryl/α,β-unsaturated/α-hetero) is 1. The molecule has 2 nitrogen and oxygen atoms in total. The Labute approximate surface area is 94.5 Å². The molecule has 0 atom stereocenters. The highest BCUT2D eigenvalue weighted by Crippen LogP contribution is 2.14. The van der Waals surface area contributed by atoms with E-state index in [0.29, 0.717) is 12.8 Å². The van der Waals surface area contributed by atoms with Gasteiger partial charge in [-0.2, -0.15) is 5.26 Å². The van der Waals surface area contributed by atoms with Crippen LogP contribution in [0.15, 0.2) is 17.5 Å². The zero-order chi connectivity index (χ0) is 10.9. The van der Waals surface area contributed by atoms with Crippen molar-refractivity contribution in [1.29, 1.82) is 5.26 Å². The van der Waals surface area contributed by atoms with Crippen LogP contribution in [0, 0.1) is 11.3 Å². The van der Waals surface area contributed by atoms with Gasteiger partial charge in [-0.1, -0.05) is 18.9 Å². The minimum atomic E-state index is 0.255. The first-order valence-corrected chi connectivity index (χ1v) is 6.16. The van der Waals surface area contributed by atoms with Crippen LogP contribution in [-0.4, -0.2) is 5.78 Å². The van der Waals surface area contributed by atoms with Crippen LogP contribution in [-0.2, 0) is 0 Å². The summed E-state index contributed by atoms with van der Waals surface area (Å²) in [6, 6.07) is 5.91. The highest BCUT2D eigenvalue weighted by molar-refractivity contribution is 7.12. The Hall–Kier alpha value is -1.14. The predicted molar refractivity (Wildman–Crippen MR) is 62.0 cm³/mol. The summed E-state index contributed by atoms with van der Waals surface area (Å²) in [6.07, 6.45) is 5.31. The average Bonchev–Trinajstić information content (AvgIpc) is 2.76. The topological polar surface area (TPSA) is 40.9 Å². The van der Waals surface area contributed by atoms with Crippen LogP contribution < -0.4 is 0 Å². The summed E-state index contributed by atoms with van der Waals surface area (Å²) in [5.41, 5.74) is 0. The van der Waals surface area contributed by atoms with E-state index in [0.717, 1.165) is 30.6 Å². The maximum Gasteiger partial charge on any atom is 0.172 e. The molecule has 0 unspecified atom stereocenters. The lowest BCUT2D eigenvalue weighted by Gasteiger charge is -1.98. The number of rotatable bonds is 7. The van der Waals surface area contributed by atoms with Crippen molar-refractivity contribution >= 4 is 17.1 Å². The molecule has 0 N–H and O–H groups in total. The first-order valence-electron chi connectivity index (χ1n) is 5.28. The summed E-state index contributed by atoms with van der Waals surface area (Å²) in [6.45, 7) is 0. The fraction of sp³-hybridized carbons (Fsp3) is 0.500. The molecule has 0 aliphatic rings. The van der Waals surface area contributed by atoms with Gasteiger partial charge in [-0.15, -0.1) is 11.3 Å². The molecule has 1 aromatic heterocycles. The third kappa shape index (κ3) is 4.75. The molecular weight excluding hydrogens is 206 g/mol. The molecule has 0 aliphatic carbocycles. The first-order chi connectivity index (χ1) is 7.34. The number of thiophene rings is 1. The molecule has 0 radical (unpaired) electrons. The van der Waals surface area contributed by atoms with E-state index in [1.807, 2.05) is 17.5 Å². The smallest absolute Gasteiger partial charge is 0.172 e. The fourth-order valence-corrected chi connectivity index (χ4v) is 2.10. The van der Waals surface area contributed by atoms with Crippen molar-refractivity contribution in [2.24, 2.45) is 0 Å². The van der Waals surface area contributed by atoms with Gasteiger partial charge >= 0.3 is 0 Å². The Balaban J connectivity index is 2.06. The molecule has 80 valence electrons. The average molecular weight is 221 g/mol. The standard InChI is InChI=1S/C12H15NOS/c13-9-5-3-1-2-4-7-11(14)12-8-6-10-15-12/h6,8,10H,1-5,7H2. The Bertz CT molecular complexity index is 324. The maximum atomic E-state index is 11.6. The highest BCUT2D eigenvalue weighted by Gasteiger charge is 2.05. The molecule has 1 rings (SSSR count). The number of carbonyl (C=O) groups excluding carboxylic acids is 1. The number of carbonyl (C=O) groups is 1. The lowest BCUT2D eigenvalue weighted by atomic mass is 10.1. The Morgan fingerprint density at radius 2 is 2.13 bits per heavy atom. The maximum absolute atomic E-state index is 11.6. The number of hydrogen-bond donors (Lipinski definition) is 0. The molecule has 1 heterocycles. The zero-order valence-electron chi connectivity index (χ0n) is 8.74. The molecule has 15 heavy (non-hydrogen) atoms. The Morgan fingerprint density at radius 1 is 1.33 bits per heavy atom. The summed E-state index contributed by atoms with van der Waals surface area (Å²) in [7, 11) is 0. The van der Waals surface area contributed by atoms with E-state index in [2.05, 4.69) is 6.07 Å². The van der Waals surface area contributed by atoms with Gasteiger partial charge in [0.2, 0.25) is 0 Å². The van der Waals surface area contributed by atoms with Crippen LogP contribution in [0.3, 0.4) is 0 Å². The van der Waals surface area contributed by atoms with Crippen molar-refractivity contribution < 1.29 is 4.79 Å². The lowest BCUT2D eigenvalue weighted by Crippen LogP contribution is -1.95. The molecule has 1 aromatic rings. The number of hydrogen-bond acceptors (Lipinski definition) is 3. The second kappa shape index (κ2) is 7.19. The minimum Gasteiger partial charge on any atom is -0.293 e. The molecule has 0 spiro atoms. The van der Waals surface area contributed by atoms with Gasteiger partial charge in [-0.05, 0) is 24.3 Å². The number of unbranched alkanes of at least 4 members (excludes halogenated alkanes) is 4. The van der Waals surface area contributed by atoms with Gasteiger partial charge < -0.3 is 0 Å². The van der Waals surface area contributed by atoms with Gasteiger partial charge in [0.05, 0.1) is 10.9 Å². The third-order valence-electron chi connectivity index (χ3n) is 2.24. The molecule has 3 heteroatoms. The van der Waals surface area contributed by atoms with Crippen LogP contribution >= 0.6 is 11.3 Å². The first kappa shape index (κ1) is 11.9.